The minimum absolute atomic E-state index is 0.430. The van der Waals surface area contributed by atoms with Gasteiger partial charge in [0.1, 0.15) is 0 Å². The average molecular weight is 417 g/mol. The lowest BCUT2D eigenvalue weighted by atomic mass is 9.43. The van der Waals surface area contributed by atoms with Gasteiger partial charge in [0, 0.05) is 0 Å². The van der Waals surface area contributed by atoms with Crippen LogP contribution in [0.4, 0.5) is 0 Å². The predicted octanol–water partition coefficient (Wildman–Crippen LogP) is 6.75. The molecule has 10 atom stereocenters. The van der Waals surface area contributed by atoms with Crippen LogP contribution in [0.3, 0.4) is 0 Å². The van der Waals surface area contributed by atoms with E-state index in [1.54, 1.807) is 6.08 Å². The molecule has 0 aromatic carbocycles. The summed E-state index contributed by atoms with van der Waals surface area (Å²) < 4.78 is 0. The smallest absolute Gasteiger partial charge is 0.0797 e. The molecule has 2 N–H and O–H groups in total. The van der Waals surface area contributed by atoms with Crippen molar-refractivity contribution in [3.63, 3.8) is 0 Å². The molecule has 0 spiro atoms. The maximum Gasteiger partial charge on any atom is 0.0797 e. The zero-order valence-corrected chi connectivity index (χ0v) is 20.4. The molecule has 0 aliphatic heterocycles. The lowest BCUT2D eigenvalue weighted by molar-refractivity contribution is -0.148. The van der Waals surface area contributed by atoms with E-state index in [2.05, 4.69) is 34.3 Å². The van der Waals surface area contributed by atoms with Crippen LogP contribution in [-0.2, 0) is 0 Å². The minimum atomic E-state index is -0.722. The largest absolute Gasteiger partial charge is 0.390 e. The lowest BCUT2D eigenvalue weighted by Crippen LogP contribution is -2.55. The van der Waals surface area contributed by atoms with Crippen molar-refractivity contribution >= 4 is 0 Å². The van der Waals surface area contributed by atoms with Gasteiger partial charge in [0.05, 0.1) is 11.2 Å². The molecule has 172 valence electrons. The summed E-state index contributed by atoms with van der Waals surface area (Å²) in [4.78, 5) is 0. The molecule has 0 saturated heterocycles. The molecule has 0 amide bonds. The van der Waals surface area contributed by atoms with Gasteiger partial charge >= 0.3 is 0 Å². The van der Waals surface area contributed by atoms with Crippen LogP contribution >= 0.6 is 0 Å². The quantitative estimate of drug-likeness (QED) is 0.487. The van der Waals surface area contributed by atoms with Crippen molar-refractivity contribution in [3.8, 4) is 0 Å². The molecule has 30 heavy (non-hydrogen) atoms. The van der Waals surface area contributed by atoms with Gasteiger partial charge in [0.15, 0.2) is 0 Å². The summed E-state index contributed by atoms with van der Waals surface area (Å²) in [5.41, 5.74) is -0.205. The summed E-state index contributed by atoms with van der Waals surface area (Å²) >= 11 is 0. The third-order valence-electron chi connectivity index (χ3n) is 11.3. The average Bonchev–Trinajstić information content (AvgIpc) is 3.04. The Hall–Kier alpha value is -0.340. The van der Waals surface area contributed by atoms with Crippen molar-refractivity contribution in [1.82, 2.24) is 0 Å². The molecule has 4 fully saturated rings. The van der Waals surface area contributed by atoms with Gasteiger partial charge in [-0.05, 0) is 131 Å². The molecule has 2 nitrogen and oxygen atoms in total. The number of hydrogen-bond acceptors (Lipinski definition) is 2. The van der Waals surface area contributed by atoms with Crippen molar-refractivity contribution in [2.45, 2.75) is 116 Å². The highest BCUT2D eigenvalue weighted by atomic mass is 16.3. The molecule has 0 aromatic rings. The molecular formula is C28H48O2. The Labute approximate surface area is 185 Å². The van der Waals surface area contributed by atoms with Crippen LogP contribution in [-0.4, -0.2) is 21.4 Å². The number of hydrogen-bond donors (Lipinski definition) is 2. The molecule has 0 heterocycles. The SMILES string of the molecule is C=C[C@@](C)(O)CC[C@@H](C)[C@H]1CC[C@H]2[C@@H]3CC[C@H]4C[C@@](C)(O)CC[C@]4(C)[C@H]3CC[C@]12C. The van der Waals surface area contributed by atoms with E-state index in [1.807, 2.05) is 6.92 Å². The van der Waals surface area contributed by atoms with Gasteiger partial charge < -0.3 is 10.2 Å². The third-order valence-corrected chi connectivity index (χ3v) is 11.3. The summed E-state index contributed by atoms with van der Waals surface area (Å²) in [5, 5.41) is 21.1. The van der Waals surface area contributed by atoms with Crippen molar-refractivity contribution in [3.05, 3.63) is 12.7 Å². The molecule has 0 aromatic heterocycles. The van der Waals surface area contributed by atoms with Crippen LogP contribution < -0.4 is 0 Å². The first-order chi connectivity index (χ1) is 13.9. The van der Waals surface area contributed by atoms with E-state index in [4.69, 9.17) is 0 Å². The zero-order chi connectivity index (χ0) is 21.9. The van der Waals surface area contributed by atoms with Gasteiger partial charge in [-0.15, -0.1) is 6.58 Å². The van der Waals surface area contributed by atoms with E-state index in [9.17, 15) is 10.2 Å². The normalized spacial score (nSPS) is 51.2. The van der Waals surface area contributed by atoms with E-state index in [0.29, 0.717) is 16.7 Å². The van der Waals surface area contributed by atoms with Crippen molar-refractivity contribution < 1.29 is 10.2 Å². The van der Waals surface area contributed by atoms with Crippen molar-refractivity contribution in [1.29, 1.82) is 0 Å². The Balaban J connectivity index is 1.48. The van der Waals surface area contributed by atoms with Crippen LogP contribution in [0.1, 0.15) is 105 Å². The highest BCUT2D eigenvalue weighted by Crippen LogP contribution is 2.68. The lowest BCUT2D eigenvalue weighted by Gasteiger charge is -2.62. The maximum absolute atomic E-state index is 10.7. The summed E-state index contributed by atoms with van der Waals surface area (Å²) in [6, 6.07) is 0. The summed E-state index contributed by atoms with van der Waals surface area (Å²) in [6.45, 7) is 15.5. The molecule has 4 aliphatic carbocycles. The molecule has 4 saturated carbocycles. The van der Waals surface area contributed by atoms with Crippen LogP contribution in [0.15, 0.2) is 12.7 Å². The van der Waals surface area contributed by atoms with Crippen LogP contribution in [0, 0.1) is 46.3 Å². The molecule has 0 bridgehead atoms. The summed E-state index contributed by atoms with van der Waals surface area (Å²) in [5.74, 6) is 4.89. The Morgan fingerprint density at radius 3 is 2.40 bits per heavy atom. The standard InChI is InChI=1S/C28H48O2/c1-7-25(3,29)14-12-19(2)22-10-11-23-21-9-8-20-18-26(4,30)16-17-27(20,5)24(21)13-15-28(22,23)6/h7,19-24,29-30H,1,8-18H2,2-6H3/t19-,20+,21+,22-,23+,24+,25-,26+,27+,28-/m1/s1. The van der Waals surface area contributed by atoms with E-state index in [-0.39, 0.29) is 0 Å². The topological polar surface area (TPSA) is 40.5 Å². The highest BCUT2D eigenvalue weighted by molar-refractivity contribution is 5.10. The van der Waals surface area contributed by atoms with Gasteiger partial charge in [0.25, 0.3) is 0 Å². The van der Waals surface area contributed by atoms with Gasteiger partial charge in [-0.25, -0.2) is 0 Å². The van der Waals surface area contributed by atoms with E-state index < -0.39 is 11.2 Å². The van der Waals surface area contributed by atoms with E-state index >= 15 is 0 Å². The summed E-state index contributed by atoms with van der Waals surface area (Å²) in [7, 11) is 0. The second-order valence-corrected chi connectivity index (χ2v) is 13.2. The molecule has 4 rings (SSSR count). The second kappa shape index (κ2) is 7.62. The first kappa shape index (κ1) is 22.8. The van der Waals surface area contributed by atoms with Crippen LogP contribution in [0.5, 0.6) is 0 Å². The fourth-order valence-corrected chi connectivity index (χ4v) is 9.23. The minimum Gasteiger partial charge on any atom is -0.390 e. The van der Waals surface area contributed by atoms with Crippen LogP contribution in [0.2, 0.25) is 0 Å². The Morgan fingerprint density at radius 1 is 1.00 bits per heavy atom. The number of rotatable bonds is 5. The Bertz CT molecular complexity index is 651. The monoisotopic (exact) mass is 416 g/mol. The van der Waals surface area contributed by atoms with Crippen LogP contribution in [0.25, 0.3) is 0 Å². The molecule has 2 heteroatoms. The fourth-order valence-electron chi connectivity index (χ4n) is 9.23. The van der Waals surface area contributed by atoms with E-state index in [1.165, 1.54) is 44.9 Å². The predicted molar refractivity (Wildman–Crippen MR) is 125 cm³/mol. The van der Waals surface area contributed by atoms with Crippen molar-refractivity contribution in [2.24, 2.45) is 46.3 Å². The van der Waals surface area contributed by atoms with Crippen molar-refractivity contribution in [2.75, 3.05) is 0 Å². The molecule has 0 radical (unpaired) electrons. The van der Waals surface area contributed by atoms with Gasteiger partial charge in [-0.3, -0.25) is 0 Å². The van der Waals surface area contributed by atoms with E-state index in [0.717, 1.165) is 55.3 Å². The Kier molecular flexibility index (Phi) is 5.80. The van der Waals surface area contributed by atoms with Gasteiger partial charge in [-0.2, -0.15) is 0 Å². The fraction of sp³-hybridized carbons (Fsp3) is 0.929. The first-order valence-electron chi connectivity index (χ1n) is 13.0. The zero-order valence-electron chi connectivity index (χ0n) is 20.4. The number of aliphatic hydroxyl groups is 2. The third kappa shape index (κ3) is 3.72. The van der Waals surface area contributed by atoms with Gasteiger partial charge in [-0.1, -0.05) is 26.8 Å². The second-order valence-electron chi connectivity index (χ2n) is 13.2. The number of fused-ring (bicyclic) bond motifs is 5. The summed E-state index contributed by atoms with van der Waals surface area (Å²) in [6.07, 6.45) is 15.2. The molecular weight excluding hydrogens is 368 g/mol. The van der Waals surface area contributed by atoms with Gasteiger partial charge in [0.2, 0.25) is 0 Å². The maximum atomic E-state index is 10.7. The Morgan fingerprint density at radius 2 is 1.70 bits per heavy atom. The highest BCUT2D eigenvalue weighted by Gasteiger charge is 2.61. The molecule has 0 unspecified atom stereocenters. The first-order valence-corrected chi connectivity index (χ1v) is 13.0. The molecule has 4 aliphatic rings.